The Morgan fingerprint density at radius 1 is 0.181 bits per heavy atom. The minimum absolute atomic E-state index is 0. The molecule has 0 aliphatic heterocycles. The molecular weight excluding hydrogens is 1370 g/mol. The van der Waals surface area contributed by atoms with Gasteiger partial charge in [0.25, 0.3) is 0 Å². The van der Waals surface area contributed by atoms with Crippen molar-refractivity contribution in [3.63, 3.8) is 0 Å². The van der Waals surface area contributed by atoms with Crippen LogP contribution in [-0.4, -0.2) is 368 Å². The van der Waals surface area contributed by atoms with Crippen LogP contribution in [0.2, 0.25) is 0 Å². The Hall–Kier alpha value is -3.40. The molecule has 0 aromatic heterocycles. The molecule has 30 nitrogen and oxygen atoms in total. The molecule has 0 saturated carbocycles. The average Bonchev–Trinajstić information content (AvgIpc) is 0.910. The summed E-state index contributed by atoms with van der Waals surface area (Å²) in [6.45, 7) is 49.9. The number of nitrogens with zero attached hydrogens (tertiary/aromatic N) is 6. The molecule has 0 spiro atoms. The van der Waals surface area contributed by atoms with Gasteiger partial charge in [0.05, 0.1) is 112 Å². The molecule has 0 amide bonds. The average molecular weight is 1560 g/mol. The van der Waals surface area contributed by atoms with Crippen molar-refractivity contribution in [2.45, 2.75) is 159 Å². The Kier molecular flexibility index (Phi) is 343. The van der Waals surface area contributed by atoms with Gasteiger partial charge in [-0.25, -0.2) is 19.6 Å². The molecule has 0 saturated heterocycles. The van der Waals surface area contributed by atoms with Gasteiger partial charge in [-0.2, -0.15) is 0 Å². The van der Waals surface area contributed by atoms with Crippen LogP contribution in [0.3, 0.4) is 0 Å². The fraction of sp³-hybridized carbons (Fsp3) is 0.840. The van der Waals surface area contributed by atoms with Crippen molar-refractivity contribution in [1.29, 1.82) is 0 Å². The van der Waals surface area contributed by atoms with Gasteiger partial charge in [0.2, 0.25) is 0 Å². The zero-order chi connectivity index (χ0) is 67.8. The lowest BCUT2D eigenvalue weighted by Gasteiger charge is -2.36. The minimum Gasteiger partial charge on any atom is -0.394 e. The molecule has 0 bridgehead atoms. The van der Waals surface area contributed by atoms with Crippen molar-refractivity contribution in [2.24, 2.45) is 0 Å². The summed E-state index contributed by atoms with van der Waals surface area (Å²) in [4.78, 5) is 63.0. The van der Waals surface area contributed by atoms with Gasteiger partial charge < -0.3 is 87.3 Å². The summed E-state index contributed by atoms with van der Waals surface area (Å²) >= 11 is 0. The maximum Gasteiger partial charge on any atom is 0.106 e. The normalized spacial score (nSPS) is 8.59. The van der Waals surface area contributed by atoms with E-state index in [0.717, 1.165) is 78.0 Å². The van der Waals surface area contributed by atoms with Crippen molar-refractivity contribution in [3.05, 3.63) is 52.6 Å². The monoisotopic (exact) mass is 1560 g/mol. The standard InChI is InChI=1S/C45H98N6O20.4C2H4.4CH2O.18CH4/c52-21-33-60-25-1-5-46(6-2-26-61-34-22-53)9-13-50(14-10-47(7-3-27-62-35-23-54)8-4-28-63-36-24-55)45-51(15-11-48(17-29-64-37-41-68-56)18-30-65-38-42-69-57)16-12-49(19-31-66-39-43-70-58)20-32-67-40-44-71-59;8*1-2;;;;;;;;;;;;;;;;;;/h52-59H,1-45H2;4*1-2H2;4*1H2;18*1H4. The second-order valence-electron chi connectivity index (χ2n) is 16.3. The van der Waals surface area contributed by atoms with Crippen LogP contribution in [0.1, 0.15) is 159 Å². The summed E-state index contributed by atoms with van der Waals surface area (Å²) in [7, 11) is 0. The van der Waals surface area contributed by atoms with Crippen LogP contribution in [0, 0.1) is 0 Å². The van der Waals surface area contributed by atoms with Gasteiger partial charge in [0, 0.05) is 131 Å². The van der Waals surface area contributed by atoms with Crippen LogP contribution < -0.4 is 0 Å². The Morgan fingerprint density at radius 3 is 0.476 bits per heavy atom. The van der Waals surface area contributed by atoms with E-state index in [-0.39, 0.29) is 213 Å². The summed E-state index contributed by atoms with van der Waals surface area (Å²) in [6.07, 6.45) is 3.17. The molecule has 0 unspecified atom stereocenters. The van der Waals surface area contributed by atoms with Gasteiger partial charge in [-0.3, -0.25) is 40.6 Å². The van der Waals surface area contributed by atoms with Gasteiger partial charge in [0.1, 0.15) is 53.6 Å². The number of rotatable bonds is 62. The number of hydrogen-bond acceptors (Lipinski definition) is 30. The molecule has 668 valence electrons. The Morgan fingerprint density at radius 2 is 0.324 bits per heavy atom. The second kappa shape index (κ2) is 195. The number of carbonyl (C=O) groups excluding carboxylic acids is 4. The number of aliphatic hydroxyl groups is 4. The topological polar surface area (TPSA) is 360 Å². The van der Waals surface area contributed by atoms with Crippen molar-refractivity contribution < 1.29 is 118 Å². The molecule has 0 aliphatic rings. The zero-order valence-electron chi connectivity index (χ0n) is 53.1. The molecule has 105 heavy (non-hydrogen) atoms. The van der Waals surface area contributed by atoms with E-state index in [0.29, 0.717) is 138 Å². The van der Waals surface area contributed by atoms with Gasteiger partial charge in [-0.05, 0) is 25.7 Å². The highest BCUT2D eigenvalue weighted by atomic mass is 17.1. The van der Waals surface area contributed by atoms with Crippen molar-refractivity contribution >= 4 is 27.2 Å². The first kappa shape index (κ1) is 185. The van der Waals surface area contributed by atoms with Crippen LogP contribution in [-0.2, 0) is 76.6 Å². The van der Waals surface area contributed by atoms with E-state index in [9.17, 15) is 20.4 Å². The van der Waals surface area contributed by atoms with E-state index in [1.807, 2.05) is 27.2 Å². The maximum atomic E-state index is 9.25. The summed E-state index contributed by atoms with van der Waals surface area (Å²) < 4.78 is 45.3. The third kappa shape index (κ3) is 167. The molecule has 0 aliphatic carbocycles. The predicted molar refractivity (Wildman–Crippen MR) is 456 cm³/mol. The van der Waals surface area contributed by atoms with E-state index in [4.69, 9.17) is 78.1 Å². The molecule has 0 aromatic carbocycles. The molecule has 30 heteroatoms. The fourth-order valence-corrected chi connectivity index (χ4v) is 7.06. The number of carbonyl (C=O) groups is 4. The number of ether oxygens (including phenoxy) is 8. The van der Waals surface area contributed by atoms with E-state index < -0.39 is 0 Å². The third-order valence-electron chi connectivity index (χ3n) is 10.8. The fourth-order valence-electron chi connectivity index (χ4n) is 7.06. The van der Waals surface area contributed by atoms with Gasteiger partial charge in [-0.1, -0.05) is 134 Å². The Balaban J connectivity index is -0.0000000667. The highest BCUT2D eigenvalue weighted by Gasteiger charge is 2.19. The third-order valence-corrected chi connectivity index (χ3v) is 10.8. The predicted octanol–water partition coefficient (Wildman–Crippen LogP) is 12.3. The highest BCUT2D eigenvalue weighted by molar-refractivity contribution is 5.11. The maximum absolute atomic E-state index is 9.25. The first-order valence-electron chi connectivity index (χ1n) is 28.6. The summed E-state index contributed by atoms with van der Waals surface area (Å²) in [5.41, 5.74) is 0. The molecule has 8 N–H and O–H groups in total. The van der Waals surface area contributed by atoms with Crippen molar-refractivity contribution in [1.82, 2.24) is 29.4 Å². The molecule has 0 atom stereocenters. The van der Waals surface area contributed by atoms with Gasteiger partial charge in [0.15, 0.2) is 0 Å². The first-order chi connectivity index (χ1) is 43.0. The Bertz CT molecular complexity index is 945. The minimum atomic E-state index is -0.0292. The molecule has 0 aromatic rings. The second-order valence-corrected chi connectivity index (χ2v) is 16.3. The molecule has 0 radical (unpaired) electrons. The number of hydrogen-bond donors (Lipinski definition) is 8. The first-order valence-corrected chi connectivity index (χ1v) is 28.6. The SMILES string of the molecule is C.C.C.C.C.C.C.C.C.C.C.C.C.C.C.C.C.C.C=C.C=C.C=C.C=C.C=O.C=O.C=O.C=O.OCCOCCCN(CCCOCCO)CCN(CCN(CCCOCCO)CCCOCCO)CN(CCN(CCOCCOO)CCOCCOO)CCN(CCOCCOO)CCOCCOO. The van der Waals surface area contributed by atoms with Crippen molar-refractivity contribution in [2.75, 3.05) is 270 Å². The largest absolute Gasteiger partial charge is 0.394 e. The molecule has 0 heterocycles. The van der Waals surface area contributed by atoms with E-state index >= 15 is 0 Å². The van der Waals surface area contributed by atoms with Crippen LogP contribution in [0.4, 0.5) is 0 Å². The lowest BCUT2D eigenvalue weighted by molar-refractivity contribution is -0.249. The van der Waals surface area contributed by atoms with Crippen molar-refractivity contribution in [3.8, 4) is 0 Å². The van der Waals surface area contributed by atoms with E-state index in [1.54, 1.807) is 0 Å². The lowest BCUT2D eigenvalue weighted by atomic mass is 10.3. The zero-order valence-corrected chi connectivity index (χ0v) is 53.1. The van der Waals surface area contributed by atoms with Crippen LogP contribution in [0.25, 0.3) is 0 Å². The number of aliphatic hydroxyl groups excluding tert-OH is 4. The quantitative estimate of drug-likeness (QED) is 0.00922. The summed E-state index contributed by atoms with van der Waals surface area (Å²) in [5.74, 6) is 0. The van der Waals surface area contributed by atoms with Gasteiger partial charge >= 0.3 is 0 Å². The van der Waals surface area contributed by atoms with Crippen LogP contribution in [0.5, 0.6) is 0 Å². The molecular formula is C75H194N6O24. The molecule has 0 fully saturated rings. The summed E-state index contributed by atoms with van der Waals surface area (Å²) in [5, 5.41) is 72.2. The Labute approximate surface area is 654 Å². The summed E-state index contributed by atoms with van der Waals surface area (Å²) in [6, 6.07) is 0. The van der Waals surface area contributed by atoms with E-state index in [1.165, 1.54) is 0 Å². The van der Waals surface area contributed by atoms with Crippen LogP contribution in [0.15, 0.2) is 52.6 Å². The van der Waals surface area contributed by atoms with Gasteiger partial charge in [-0.15, -0.1) is 52.6 Å². The highest BCUT2D eigenvalue weighted by Crippen LogP contribution is 2.06. The lowest BCUT2D eigenvalue weighted by Crippen LogP contribution is -2.49. The molecule has 0 rings (SSSR count). The smallest absolute Gasteiger partial charge is 0.106 e. The van der Waals surface area contributed by atoms with E-state index in [2.05, 4.69) is 102 Å². The van der Waals surface area contributed by atoms with Crippen LogP contribution >= 0.6 is 0 Å².